The van der Waals surface area contributed by atoms with Gasteiger partial charge in [-0.05, 0) is 18.8 Å². The van der Waals surface area contributed by atoms with Gasteiger partial charge in [-0.25, -0.2) is 0 Å². The summed E-state index contributed by atoms with van der Waals surface area (Å²) >= 11 is 0. The monoisotopic (exact) mass is 272 g/mol. The van der Waals surface area contributed by atoms with Crippen molar-refractivity contribution in [3.05, 3.63) is 0 Å². The lowest BCUT2D eigenvalue weighted by Gasteiger charge is -2.33. The van der Waals surface area contributed by atoms with Crippen molar-refractivity contribution in [2.45, 2.75) is 59.4 Å². The molecule has 0 aromatic heterocycles. The maximum absolute atomic E-state index is 12.6. The van der Waals surface area contributed by atoms with Crippen LogP contribution in [-0.4, -0.2) is 32.2 Å². The number of carbonyl (C=O) groups is 1. The van der Waals surface area contributed by atoms with Gasteiger partial charge in [-0.3, -0.25) is 4.79 Å². The molecular weight excluding hydrogens is 240 g/mol. The minimum absolute atomic E-state index is 0.0529. The number of hydrogen-bond acceptors (Lipinski definition) is 3. The number of amides is 1. The van der Waals surface area contributed by atoms with E-state index in [-0.39, 0.29) is 11.9 Å². The van der Waals surface area contributed by atoms with Crippen LogP contribution >= 0.6 is 0 Å². The van der Waals surface area contributed by atoms with Gasteiger partial charge in [0.1, 0.15) is 0 Å². The first kappa shape index (κ1) is 18.4. The summed E-state index contributed by atoms with van der Waals surface area (Å²) in [6, 6.07) is 0.0529. The quantitative estimate of drug-likeness (QED) is 0.641. The van der Waals surface area contributed by atoms with Crippen molar-refractivity contribution < 1.29 is 9.53 Å². The summed E-state index contributed by atoms with van der Waals surface area (Å²) in [6.07, 6.45) is 3.64. The average Bonchev–Trinajstić information content (AvgIpc) is 2.37. The summed E-state index contributed by atoms with van der Waals surface area (Å²) in [4.78, 5) is 12.6. The first-order valence-corrected chi connectivity index (χ1v) is 7.47. The average molecular weight is 272 g/mol. The topological polar surface area (TPSA) is 64.4 Å². The Balaban J connectivity index is 4.87. The Morgan fingerprint density at radius 1 is 1.26 bits per heavy atom. The van der Waals surface area contributed by atoms with Crippen molar-refractivity contribution in [3.63, 3.8) is 0 Å². The van der Waals surface area contributed by atoms with Crippen molar-refractivity contribution in [1.82, 2.24) is 5.32 Å². The van der Waals surface area contributed by atoms with Crippen LogP contribution < -0.4 is 11.1 Å². The molecule has 0 spiro atoms. The van der Waals surface area contributed by atoms with E-state index in [1.807, 2.05) is 0 Å². The normalized spacial score (nSPS) is 13.6. The first-order chi connectivity index (χ1) is 8.97. The van der Waals surface area contributed by atoms with Gasteiger partial charge in [-0.1, -0.05) is 40.5 Å². The Hall–Kier alpha value is -0.610. The van der Waals surface area contributed by atoms with E-state index >= 15 is 0 Å². The zero-order valence-electron chi connectivity index (χ0n) is 13.3. The lowest BCUT2D eigenvalue weighted by atomic mass is 9.78. The van der Waals surface area contributed by atoms with Gasteiger partial charge in [-0.2, -0.15) is 0 Å². The van der Waals surface area contributed by atoms with Crippen LogP contribution in [0.25, 0.3) is 0 Å². The molecule has 0 aliphatic heterocycles. The number of hydrogen-bond donors (Lipinski definition) is 2. The molecule has 114 valence electrons. The van der Waals surface area contributed by atoms with Gasteiger partial charge >= 0.3 is 0 Å². The van der Waals surface area contributed by atoms with Crippen LogP contribution in [0.4, 0.5) is 0 Å². The fourth-order valence-electron chi connectivity index (χ4n) is 2.51. The summed E-state index contributed by atoms with van der Waals surface area (Å²) in [5, 5.41) is 3.13. The number of carbonyl (C=O) groups excluding carboxylic acids is 1. The highest BCUT2D eigenvalue weighted by molar-refractivity contribution is 5.83. The van der Waals surface area contributed by atoms with Crippen LogP contribution in [0, 0.1) is 11.3 Å². The van der Waals surface area contributed by atoms with E-state index in [0.717, 1.165) is 25.7 Å². The van der Waals surface area contributed by atoms with Gasteiger partial charge in [0.2, 0.25) is 5.91 Å². The highest BCUT2D eigenvalue weighted by atomic mass is 16.5. The fourth-order valence-corrected chi connectivity index (χ4v) is 2.51. The van der Waals surface area contributed by atoms with Gasteiger partial charge in [-0.15, -0.1) is 0 Å². The second kappa shape index (κ2) is 9.32. The van der Waals surface area contributed by atoms with Crippen LogP contribution in [0.1, 0.15) is 53.4 Å². The van der Waals surface area contributed by atoms with E-state index in [1.165, 1.54) is 0 Å². The molecule has 0 fully saturated rings. The molecule has 0 bridgehead atoms. The molecule has 4 heteroatoms. The minimum atomic E-state index is -0.412. The van der Waals surface area contributed by atoms with Gasteiger partial charge in [0.15, 0.2) is 0 Å². The molecule has 0 saturated carbocycles. The van der Waals surface area contributed by atoms with Crippen molar-refractivity contribution >= 4 is 5.91 Å². The van der Waals surface area contributed by atoms with Crippen LogP contribution in [-0.2, 0) is 9.53 Å². The third-order valence-corrected chi connectivity index (χ3v) is 3.80. The zero-order chi connectivity index (χ0) is 14.9. The Labute approximate surface area is 118 Å². The van der Waals surface area contributed by atoms with E-state index in [0.29, 0.717) is 19.1 Å². The summed E-state index contributed by atoms with van der Waals surface area (Å²) in [5.74, 6) is 0.442. The maximum atomic E-state index is 12.6. The minimum Gasteiger partial charge on any atom is -0.383 e. The molecule has 3 N–H and O–H groups in total. The summed E-state index contributed by atoms with van der Waals surface area (Å²) in [6.45, 7) is 9.34. The van der Waals surface area contributed by atoms with Crippen LogP contribution in [0.5, 0.6) is 0 Å². The van der Waals surface area contributed by atoms with E-state index < -0.39 is 5.41 Å². The second-order valence-electron chi connectivity index (χ2n) is 5.76. The number of nitrogens with one attached hydrogen (secondary N) is 1. The predicted molar refractivity (Wildman–Crippen MR) is 79.9 cm³/mol. The van der Waals surface area contributed by atoms with Gasteiger partial charge in [0.05, 0.1) is 18.1 Å². The standard InChI is InChI=1S/C15H32N2O2/c1-6-8-15(11-16,9-7-2)14(18)17-13(10-19-5)12(3)4/h12-13H,6-11,16H2,1-5H3,(H,17,18). The number of nitrogens with two attached hydrogens (primary N) is 1. The lowest BCUT2D eigenvalue weighted by Crippen LogP contribution is -2.51. The van der Waals surface area contributed by atoms with Gasteiger partial charge < -0.3 is 15.8 Å². The largest absolute Gasteiger partial charge is 0.383 e. The molecule has 0 saturated heterocycles. The van der Waals surface area contributed by atoms with Crippen LogP contribution in [0.15, 0.2) is 0 Å². The molecule has 4 nitrogen and oxygen atoms in total. The van der Waals surface area contributed by atoms with Crippen molar-refractivity contribution in [3.8, 4) is 0 Å². The number of rotatable bonds is 10. The molecule has 1 unspecified atom stereocenters. The highest BCUT2D eigenvalue weighted by Crippen LogP contribution is 2.29. The number of ether oxygens (including phenoxy) is 1. The molecule has 19 heavy (non-hydrogen) atoms. The molecule has 0 rings (SSSR count). The smallest absolute Gasteiger partial charge is 0.227 e. The van der Waals surface area contributed by atoms with Crippen molar-refractivity contribution in [1.29, 1.82) is 0 Å². The summed E-state index contributed by atoms with van der Waals surface area (Å²) < 4.78 is 5.19. The SMILES string of the molecule is CCCC(CN)(CCC)C(=O)NC(COC)C(C)C. The molecule has 0 aromatic carbocycles. The molecule has 0 aliphatic carbocycles. The molecular formula is C15H32N2O2. The molecule has 0 heterocycles. The fraction of sp³-hybridized carbons (Fsp3) is 0.933. The summed E-state index contributed by atoms with van der Waals surface area (Å²) in [7, 11) is 1.66. The summed E-state index contributed by atoms with van der Waals surface area (Å²) in [5.41, 5.74) is 5.50. The Bertz CT molecular complexity index is 249. The Kier molecular flexibility index (Phi) is 9.02. The van der Waals surface area contributed by atoms with E-state index in [9.17, 15) is 4.79 Å². The third-order valence-electron chi connectivity index (χ3n) is 3.80. The first-order valence-electron chi connectivity index (χ1n) is 7.47. The second-order valence-corrected chi connectivity index (χ2v) is 5.76. The molecule has 1 amide bonds. The van der Waals surface area contributed by atoms with E-state index in [1.54, 1.807) is 7.11 Å². The van der Waals surface area contributed by atoms with Crippen molar-refractivity contribution in [2.24, 2.45) is 17.1 Å². The van der Waals surface area contributed by atoms with Crippen molar-refractivity contribution in [2.75, 3.05) is 20.3 Å². The Morgan fingerprint density at radius 2 is 1.79 bits per heavy atom. The Morgan fingerprint density at radius 3 is 2.11 bits per heavy atom. The number of methoxy groups -OCH3 is 1. The third kappa shape index (κ3) is 5.49. The van der Waals surface area contributed by atoms with Crippen LogP contribution in [0.2, 0.25) is 0 Å². The molecule has 0 aliphatic rings. The predicted octanol–water partition coefficient (Wildman–Crippen LogP) is 2.32. The van der Waals surface area contributed by atoms with Gasteiger partial charge in [0.25, 0.3) is 0 Å². The lowest BCUT2D eigenvalue weighted by molar-refractivity contribution is -0.133. The van der Waals surface area contributed by atoms with E-state index in [2.05, 4.69) is 33.0 Å². The maximum Gasteiger partial charge on any atom is 0.227 e. The molecule has 0 radical (unpaired) electrons. The highest BCUT2D eigenvalue weighted by Gasteiger charge is 2.36. The molecule has 0 aromatic rings. The molecule has 1 atom stereocenters. The van der Waals surface area contributed by atoms with Crippen LogP contribution in [0.3, 0.4) is 0 Å². The van der Waals surface area contributed by atoms with E-state index in [4.69, 9.17) is 10.5 Å². The van der Waals surface area contributed by atoms with Gasteiger partial charge in [0, 0.05) is 13.7 Å². The zero-order valence-corrected chi connectivity index (χ0v) is 13.3.